The molecule has 1 aromatic rings. The van der Waals surface area contributed by atoms with Crippen molar-refractivity contribution in [3.8, 4) is 0 Å². The standard InChI is InChI=1S/C16H20N2O5S/c19-15(17-14(16(20)21)9-10-1-2-10)11-3-7-13(8-4-11)24(22,23)18-12-5-6-12/h3-4,7-8,10,12,14,18H,1-2,5-6,9H2,(H,17,19)(H,20,21). The van der Waals surface area contributed by atoms with Crippen molar-refractivity contribution in [3.63, 3.8) is 0 Å². The van der Waals surface area contributed by atoms with Gasteiger partial charge >= 0.3 is 5.97 Å². The molecule has 1 aromatic carbocycles. The third kappa shape index (κ3) is 4.33. The summed E-state index contributed by atoms with van der Waals surface area (Å²) in [7, 11) is -3.56. The van der Waals surface area contributed by atoms with Gasteiger partial charge in [-0.15, -0.1) is 0 Å². The zero-order chi connectivity index (χ0) is 17.3. The lowest BCUT2D eigenvalue weighted by molar-refractivity contribution is -0.139. The van der Waals surface area contributed by atoms with Crippen LogP contribution in [0, 0.1) is 5.92 Å². The summed E-state index contributed by atoms with van der Waals surface area (Å²) in [5.74, 6) is -1.20. The van der Waals surface area contributed by atoms with E-state index in [1.165, 1.54) is 24.3 Å². The van der Waals surface area contributed by atoms with E-state index in [0.29, 0.717) is 12.3 Å². The van der Waals surface area contributed by atoms with Gasteiger partial charge in [-0.25, -0.2) is 17.9 Å². The summed E-state index contributed by atoms with van der Waals surface area (Å²) in [6.07, 6.45) is 4.12. The van der Waals surface area contributed by atoms with Crippen LogP contribution in [0.2, 0.25) is 0 Å². The fourth-order valence-electron chi connectivity index (χ4n) is 2.42. The maximum atomic E-state index is 12.2. The van der Waals surface area contributed by atoms with Crippen LogP contribution < -0.4 is 10.0 Å². The molecule has 1 unspecified atom stereocenters. The second-order valence-corrected chi connectivity index (χ2v) is 8.18. The smallest absolute Gasteiger partial charge is 0.326 e. The first-order chi connectivity index (χ1) is 11.3. The molecule has 8 heteroatoms. The van der Waals surface area contributed by atoms with Gasteiger partial charge in [0.15, 0.2) is 0 Å². The van der Waals surface area contributed by atoms with E-state index in [1.54, 1.807) is 0 Å². The summed E-state index contributed by atoms with van der Waals surface area (Å²) < 4.78 is 26.7. The molecule has 0 aliphatic heterocycles. The maximum Gasteiger partial charge on any atom is 0.326 e. The van der Waals surface area contributed by atoms with Gasteiger partial charge in [-0.1, -0.05) is 12.8 Å². The third-order valence-electron chi connectivity index (χ3n) is 4.20. The lowest BCUT2D eigenvalue weighted by Gasteiger charge is -2.14. The highest BCUT2D eigenvalue weighted by Crippen LogP contribution is 2.33. The summed E-state index contributed by atoms with van der Waals surface area (Å²) in [5.41, 5.74) is 0.238. The fourth-order valence-corrected chi connectivity index (χ4v) is 3.73. The Bertz CT molecular complexity index is 736. The molecule has 1 amide bonds. The van der Waals surface area contributed by atoms with Gasteiger partial charge in [-0.2, -0.15) is 0 Å². The van der Waals surface area contributed by atoms with Crippen molar-refractivity contribution in [2.45, 2.75) is 49.1 Å². The summed E-state index contributed by atoms with van der Waals surface area (Å²) >= 11 is 0. The average molecular weight is 352 g/mol. The number of rotatable bonds is 8. The highest BCUT2D eigenvalue weighted by atomic mass is 32.2. The van der Waals surface area contributed by atoms with Crippen molar-refractivity contribution in [2.24, 2.45) is 5.92 Å². The summed E-state index contributed by atoms with van der Waals surface area (Å²) in [4.78, 5) is 23.5. The minimum atomic E-state index is -3.56. The van der Waals surface area contributed by atoms with Gasteiger partial charge in [-0.05, 0) is 49.4 Å². The lowest BCUT2D eigenvalue weighted by Crippen LogP contribution is -2.41. The molecule has 2 aliphatic rings. The van der Waals surface area contributed by atoms with Crippen LogP contribution in [0.5, 0.6) is 0 Å². The maximum absolute atomic E-state index is 12.2. The van der Waals surface area contributed by atoms with Crippen molar-refractivity contribution in [1.29, 1.82) is 0 Å². The van der Waals surface area contributed by atoms with Crippen LogP contribution in [0.4, 0.5) is 0 Å². The number of carbonyl (C=O) groups excluding carboxylic acids is 1. The van der Waals surface area contributed by atoms with Gasteiger partial charge in [0, 0.05) is 11.6 Å². The van der Waals surface area contributed by atoms with Gasteiger partial charge in [0.2, 0.25) is 10.0 Å². The third-order valence-corrected chi connectivity index (χ3v) is 5.73. The Morgan fingerprint density at radius 1 is 1.12 bits per heavy atom. The Morgan fingerprint density at radius 2 is 1.75 bits per heavy atom. The van der Waals surface area contributed by atoms with E-state index in [9.17, 15) is 23.1 Å². The first-order valence-electron chi connectivity index (χ1n) is 8.01. The SMILES string of the molecule is O=C(NC(CC1CC1)C(=O)O)c1ccc(S(=O)(=O)NC2CC2)cc1. The van der Waals surface area contributed by atoms with Crippen molar-refractivity contribution in [1.82, 2.24) is 10.0 Å². The van der Waals surface area contributed by atoms with Gasteiger partial charge < -0.3 is 10.4 Å². The molecule has 3 rings (SSSR count). The molecule has 0 spiro atoms. The minimum Gasteiger partial charge on any atom is -0.480 e. The normalized spacial score (nSPS) is 18.8. The molecule has 0 bridgehead atoms. The van der Waals surface area contributed by atoms with E-state index in [2.05, 4.69) is 10.0 Å². The van der Waals surface area contributed by atoms with Crippen molar-refractivity contribution in [3.05, 3.63) is 29.8 Å². The molecule has 1 atom stereocenters. The number of sulfonamides is 1. The van der Waals surface area contributed by atoms with Crippen molar-refractivity contribution >= 4 is 21.9 Å². The lowest BCUT2D eigenvalue weighted by atomic mass is 10.1. The van der Waals surface area contributed by atoms with Gasteiger partial charge in [0.1, 0.15) is 6.04 Å². The van der Waals surface area contributed by atoms with Gasteiger partial charge in [0.25, 0.3) is 5.91 Å². The predicted molar refractivity (Wildman–Crippen MR) is 86.0 cm³/mol. The van der Waals surface area contributed by atoms with Gasteiger partial charge in [-0.3, -0.25) is 4.79 Å². The molecule has 7 nitrogen and oxygen atoms in total. The molecule has 0 aromatic heterocycles. The Kier molecular flexibility index (Phi) is 4.60. The molecule has 130 valence electrons. The number of aliphatic carboxylic acids is 1. The van der Waals surface area contributed by atoms with Crippen LogP contribution >= 0.6 is 0 Å². The summed E-state index contributed by atoms with van der Waals surface area (Å²) in [5, 5.41) is 11.7. The molecule has 2 fully saturated rings. The molecule has 0 heterocycles. The first kappa shape index (κ1) is 16.9. The van der Waals surface area contributed by atoms with E-state index in [0.717, 1.165) is 25.7 Å². The molecule has 2 aliphatic carbocycles. The molecular formula is C16H20N2O5S. The molecule has 0 saturated heterocycles. The average Bonchev–Trinajstić information content (AvgIpc) is 3.43. The van der Waals surface area contributed by atoms with Crippen LogP contribution in [-0.4, -0.2) is 37.5 Å². The Hall–Kier alpha value is -1.93. The Balaban J connectivity index is 1.65. The minimum absolute atomic E-state index is 0.0109. The number of carboxylic acids is 1. The highest BCUT2D eigenvalue weighted by Gasteiger charge is 2.31. The number of carbonyl (C=O) groups is 2. The molecule has 24 heavy (non-hydrogen) atoms. The molecule has 2 saturated carbocycles. The summed E-state index contributed by atoms with van der Waals surface area (Å²) in [6, 6.07) is 4.60. The van der Waals surface area contributed by atoms with E-state index < -0.39 is 27.9 Å². The second kappa shape index (κ2) is 6.52. The number of carboxylic acid groups (broad SMARTS) is 1. The number of amides is 1. The van der Waals surface area contributed by atoms with Crippen LogP contribution in [0.3, 0.4) is 0 Å². The van der Waals surface area contributed by atoms with Crippen molar-refractivity contribution in [2.75, 3.05) is 0 Å². The van der Waals surface area contributed by atoms with Gasteiger partial charge in [0.05, 0.1) is 4.90 Å². The number of benzene rings is 1. The zero-order valence-corrected chi connectivity index (χ0v) is 13.9. The van der Waals surface area contributed by atoms with Crippen molar-refractivity contribution < 1.29 is 23.1 Å². The van der Waals surface area contributed by atoms with E-state index >= 15 is 0 Å². The largest absolute Gasteiger partial charge is 0.480 e. The van der Waals surface area contributed by atoms with Crippen LogP contribution in [-0.2, 0) is 14.8 Å². The number of hydrogen-bond donors (Lipinski definition) is 3. The number of hydrogen-bond acceptors (Lipinski definition) is 4. The zero-order valence-electron chi connectivity index (χ0n) is 13.1. The molecule has 0 radical (unpaired) electrons. The van der Waals surface area contributed by atoms with Crippen LogP contribution in [0.1, 0.15) is 42.5 Å². The Morgan fingerprint density at radius 3 is 2.25 bits per heavy atom. The fraction of sp³-hybridized carbons (Fsp3) is 0.500. The van der Waals surface area contributed by atoms with Crippen LogP contribution in [0.25, 0.3) is 0 Å². The quantitative estimate of drug-likeness (QED) is 0.649. The van der Waals surface area contributed by atoms with Crippen LogP contribution in [0.15, 0.2) is 29.2 Å². The molecular weight excluding hydrogens is 332 g/mol. The monoisotopic (exact) mass is 352 g/mol. The predicted octanol–water partition coefficient (Wildman–Crippen LogP) is 1.11. The highest BCUT2D eigenvalue weighted by molar-refractivity contribution is 7.89. The summed E-state index contributed by atoms with van der Waals surface area (Å²) in [6.45, 7) is 0. The topological polar surface area (TPSA) is 113 Å². The molecule has 3 N–H and O–H groups in total. The second-order valence-electron chi connectivity index (χ2n) is 6.46. The van der Waals surface area contributed by atoms with E-state index in [1.807, 2.05) is 0 Å². The number of nitrogens with one attached hydrogen (secondary N) is 2. The van der Waals surface area contributed by atoms with E-state index in [-0.39, 0.29) is 16.5 Å². The van der Waals surface area contributed by atoms with E-state index in [4.69, 9.17) is 0 Å². The Labute approximate surface area is 140 Å². The first-order valence-corrected chi connectivity index (χ1v) is 9.49.